The molecule has 2 aromatic carbocycles. The van der Waals surface area contributed by atoms with Gasteiger partial charge in [0.1, 0.15) is 0 Å². The van der Waals surface area contributed by atoms with Gasteiger partial charge in [0.25, 0.3) is 0 Å². The lowest BCUT2D eigenvalue weighted by molar-refractivity contribution is 0.0601. The van der Waals surface area contributed by atoms with Crippen molar-refractivity contribution in [2.75, 3.05) is 7.11 Å². The minimum atomic E-state index is -0.344. The van der Waals surface area contributed by atoms with Crippen molar-refractivity contribution in [2.45, 2.75) is 12.8 Å². The second-order valence-electron chi connectivity index (χ2n) is 5.31. The lowest BCUT2D eigenvalue weighted by Gasteiger charge is -2.06. The van der Waals surface area contributed by atoms with Crippen LogP contribution in [0.5, 0.6) is 0 Å². The first-order valence-electron chi connectivity index (χ1n) is 6.87. The molecule has 1 aliphatic rings. The van der Waals surface area contributed by atoms with E-state index in [-0.39, 0.29) is 5.97 Å². The number of carbonyl (C=O) groups is 1. The van der Waals surface area contributed by atoms with E-state index in [4.69, 9.17) is 16.3 Å². The Hall–Kier alpha value is -1.58. The van der Waals surface area contributed by atoms with Gasteiger partial charge in [0.2, 0.25) is 0 Å². The third-order valence-corrected chi connectivity index (χ3v) is 4.80. The van der Waals surface area contributed by atoms with Crippen LogP contribution in [0, 0.1) is 0 Å². The van der Waals surface area contributed by atoms with E-state index in [2.05, 4.69) is 28.6 Å². The second-order valence-corrected chi connectivity index (χ2v) is 6.63. The lowest BCUT2D eigenvalue weighted by Crippen LogP contribution is -2.27. The predicted octanol–water partition coefficient (Wildman–Crippen LogP) is 3.87. The fourth-order valence-electron chi connectivity index (χ4n) is 2.75. The van der Waals surface area contributed by atoms with Crippen LogP contribution in [0.1, 0.15) is 23.2 Å². The summed E-state index contributed by atoms with van der Waals surface area (Å²) in [7, 11) is 1.38. The first-order valence-corrected chi connectivity index (χ1v) is 8.04. The Morgan fingerprint density at radius 2 is 2.14 bits per heavy atom. The first kappa shape index (κ1) is 15.3. The summed E-state index contributed by atoms with van der Waals surface area (Å²) in [6, 6.07) is 7.54. The van der Waals surface area contributed by atoms with Crippen LogP contribution in [0.25, 0.3) is 21.9 Å². The zero-order valence-electron chi connectivity index (χ0n) is 12.1. The largest absolute Gasteiger partial charge is 0.465 e. The Morgan fingerprint density at radius 3 is 2.86 bits per heavy atom. The fourth-order valence-corrected chi connectivity index (χ4v) is 3.75. The summed E-state index contributed by atoms with van der Waals surface area (Å²) in [4.78, 5) is 11.7. The number of rotatable bonds is 1. The average Bonchev–Trinajstić information content (AvgIpc) is 2.65. The van der Waals surface area contributed by atoms with Crippen LogP contribution in [-0.4, -0.2) is 13.1 Å². The van der Waals surface area contributed by atoms with Crippen molar-refractivity contribution >= 4 is 55.4 Å². The van der Waals surface area contributed by atoms with Crippen molar-refractivity contribution in [2.24, 2.45) is 0 Å². The highest BCUT2D eigenvalue weighted by Gasteiger charge is 2.12. The van der Waals surface area contributed by atoms with E-state index in [1.807, 2.05) is 18.2 Å². The molecule has 0 atom stereocenters. The molecule has 22 heavy (non-hydrogen) atoms. The van der Waals surface area contributed by atoms with E-state index in [1.54, 1.807) is 6.07 Å². The number of ether oxygens (including phenoxy) is 1. The SMILES string of the molecule is C=C1CC=c2c(Br)cc3cc(C(=O)OC)ccc3c2=C(Cl)C1. The molecule has 0 saturated heterocycles. The second kappa shape index (κ2) is 5.90. The maximum Gasteiger partial charge on any atom is 0.337 e. The summed E-state index contributed by atoms with van der Waals surface area (Å²) < 4.78 is 5.75. The highest BCUT2D eigenvalue weighted by Crippen LogP contribution is 2.23. The summed E-state index contributed by atoms with van der Waals surface area (Å²) in [6.07, 6.45) is 3.63. The van der Waals surface area contributed by atoms with Crippen molar-refractivity contribution in [1.82, 2.24) is 0 Å². The molecule has 0 fully saturated rings. The van der Waals surface area contributed by atoms with Crippen LogP contribution in [0.4, 0.5) is 0 Å². The number of benzene rings is 2. The Morgan fingerprint density at radius 1 is 1.36 bits per heavy atom. The average molecular weight is 378 g/mol. The number of hydrogen-bond acceptors (Lipinski definition) is 2. The van der Waals surface area contributed by atoms with Crippen LogP contribution < -0.4 is 10.4 Å². The van der Waals surface area contributed by atoms with Gasteiger partial charge < -0.3 is 4.74 Å². The highest BCUT2D eigenvalue weighted by atomic mass is 79.9. The Bertz CT molecular complexity index is 928. The monoisotopic (exact) mass is 376 g/mol. The standard InChI is InChI=1S/C18H14BrClO2/c1-10-3-5-14-15(19)9-12-8-11(18(21)22-2)4-6-13(12)17(14)16(20)7-10/h4-6,8-9H,1,3,7H2,2H3. The van der Waals surface area contributed by atoms with Crippen LogP contribution in [-0.2, 0) is 4.74 Å². The molecule has 2 aromatic rings. The quantitative estimate of drug-likeness (QED) is 0.557. The zero-order valence-corrected chi connectivity index (χ0v) is 14.4. The van der Waals surface area contributed by atoms with E-state index in [9.17, 15) is 4.79 Å². The first-order chi connectivity index (χ1) is 10.5. The molecule has 0 bridgehead atoms. The molecule has 0 unspecified atom stereocenters. The van der Waals surface area contributed by atoms with Gasteiger partial charge in [-0.25, -0.2) is 4.79 Å². The number of methoxy groups -OCH3 is 1. The minimum Gasteiger partial charge on any atom is -0.465 e. The summed E-state index contributed by atoms with van der Waals surface area (Å²) >= 11 is 10.2. The topological polar surface area (TPSA) is 26.3 Å². The molecule has 0 radical (unpaired) electrons. The molecule has 3 rings (SSSR count). The van der Waals surface area contributed by atoms with Gasteiger partial charge in [-0.3, -0.25) is 0 Å². The van der Waals surface area contributed by atoms with E-state index in [0.717, 1.165) is 42.7 Å². The van der Waals surface area contributed by atoms with Crippen molar-refractivity contribution < 1.29 is 9.53 Å². The zero-order chi connectivity index (χ0) is 15.9. The van der Waals surface area contributed by atoms with Crippen molar-refractivity contribution in [3.63, 3.8) is 0 Å². The van der Waals surface area contributed by atoms with E-state index in [1.165, 1.54) is 7.11 Å². The van der Waals surface area contributed by atoms with Crippen LogP contribution >= 0.6 is 27.5 Å². The highest BCUT2D eigenvalue weighted by molar-refractivity contribution is 9.10. The number of hydrogen-bond donors (Lipinski definition) is 0. The van der Waals surface area contributed by atoms with Gasteiger partial charge in [-0.2, -0.15) is 0 Å². The molecular formula is C18H14BrClO2. The molecular weight excluding hydrogens is 364 g/mol. The molecule has 2 nitrogen and oxygen atoms in total. The van der Waals surface area contributed by atoms with E-state index in [0.29, 0.717) is 12.0 Å². The number of esters is 1. The van der Waals surface area contributed by atoms with Crippen LogP contribution in [0.15, 0.2) is 40.9 Å². The molecule has 112 valence electrons. The molecule has 0 aromatic heterocycles. The molecule has 4 heteroatoms. The molecule has 0 amide bonds. The Labute approximate surface area is 141 Å². The van der Waals surface area contributed by atoms with Crippen molar-refractivity contribution in [3.05, 3.63) is 56.9 Å². The number of allylic oxidation sites excluding steroid dienone is 1. The van der Waals surface area contributed by atoms with Gasteiger partial charge in [0, 0.05) is 21.1 Å². The molecule has 0 aliphatic heterocycles. The number of fused-ring (bicyclic) bond motifs is 3. The van der Waals surface area contributed by atoms with E-state index < -0.39 is 0 Å². The third-order valence-electron chi connectivity index (χ3n) is 3.82. The smallest absolute Gasteiger partial charge is 0.337 e. The van der Waals surface area contributed by atoms with Gasteiger partial charge in [-0.15, -0.1) is 0 Å². The summed E-state index contributed by atoms with van der Waals surface area (Å²) in [5, 5.41) is 4.86. The number of halogens is 2. The predicted molar refractivity (Wildman–Crippen MR) is 94.3 cm³/mol. The number of carbonyl (C=O) groups excluding carboxylic acids is 1. The minimum absolute atomic E-state index is 0.344. The van der Waals surface area contributed by atoms with Gasteiger partial charge in [0.15, 0.2) is 0 Å². The van der Waals surface area contributed by atoms with Crippen molar-refractivity contribution in [3.8, 4) is 0 Å². The molecule has 0 N–H and O–H groups in total. The van der Waals surface area contributed by atoms with Gasteiger partial charge in [0.05, 0.1) is 12.7 Å². The molecule has 0 spiro atoms. The maximum atomic E-state index is 11.7. The normalized spacial score (nSPS) is 14.3. The molecule has 1 aliphatic carbocycles. The Balaban J connectivity index is 2.43. The maximum absolute atomic E-state index is 11.7. The summed E-state index contributed by atoms with van der Waals surface area (Å²) in [6.45, 7) is 4.05. The van der Waals surface area contributed by atoms with Crippen LogP contribution in [0.2, 0.25) is 0 Å². The van der Waals surface area contributed by atoms with Gasteiger partial charge >= 0.3 is 5.97 Å². The van der Waals surface area contributed by atoms with Gasteiger partial charge in [-0.1, -0.05) is 51.8 Å². The van der Waals surface area contributed by atoms with Gasteiger partial charge in [-0.05, 0) is 40.6 Å². The fraction of sp³-hybridized carbons (Fsp3) is 0.167. The van der Waals surface area contributed by atoms with Crippen LogP contribution in [0.3, 0.4) is 0 Å². The van der Waals surface area contributed by atoms with Crippen molar-refractivity contribution in [1.29, 1.82) is 0 Å². The lowest BCUT2D eigenvalue weighted by atomic mass is 10.0. The Kier molecular flexibility index (Phi) is 4.11. The molecule has 0 heterocycles. The molecule has 0 saturated carbocycles. The summed E-state index contributed by atoms with van der Waals surface area (Å²) in [5.74, 6) is -0.344. The van der Waals surface area contributed by atoms with E-state index >= 15 is 0 Å². The summed E-state index contributed by atoms with van der Waals surface area (Å²) in [5.41, 5.74) is 1.62. The third kappa shape index (κ3) is 2.59.